The van der Waals surface area contributed by atoms with Crippen molar-refractivity contribution < 1.29 is 8.78 Å². The van der Waals surface area contributed by atoms with Crippen LogP contribution in [-0.2, 0) is 0 Å². The molecule has 1 heterocycles. The highest BCUT2D eigenvalue weighted by Gasteiger charge is 2.42. The van der Waals surface area contributed by atoms with Gasteiger partial charge >= 0.3 is 0 Å². The van der Waals surface area contributed by atoms with E-state index in [1.807, 2.05) is 18.3 Å². The lowest BCUT2D eigenvalue weighted by atomic mass is 9.95. The number of aromatic nitrogens is 1. The van der Waals surface area contributed by atoms with Crippen LogP contribution in [0.15, 0.2) is 18.3 Å². The number of hydrogen-bond donors (Lipinski definition) is 2. The molecule has 0 aliphatic heterocycles. The van der Waals surface area contributed by atoms with E-state index in [-0.39, 0.29) is 24.8 Å². The van der Waals surface area contributed by atoms with Crippen LogP contribution in [0, 0.1) is 5.92 Å². The van der Waals surface area contributed by atoms with Gasteiger partial charge in [-0.3, -0.25) is 0 Å². The van der Waals surface area contributed by atoms with Crippen molar-refractivity contribution in [3.63, 3.8) is 0 Å². The summed E-state index contributed by atoms with van der Waals surface area (Å²) >= 11 is 0. The molecule has 1 aromatic heterocycles. The van der Waals surface area contributed by atoms with Crippen LogP contribution in [0.3, 0.4) is 0 Å². The molecule has 1 saturated carbocycles. The molecule has 2 rings (SSSR count). The van der Waals surface area contributed by atoms with Crippen LogP contribution in [-0.4, -0.2) is 17.5 Å². The van der Waals surface area contributed by atoms with Crippen molar-refractivity contribution >= 4 is 0 Å². The molecule has 0 saturated heterocycles. The molecule has 96 valence electrons. The van der Waals surface area contributed by atoms with Crippen molar-refractivity contribution in [1.82, 2.24) is 10.3 Å². The van der Waals surface area contributed by atoms with E-state index < -0.39 is 5.92 Å². The summed E-state index contributed by atoms with van der Waals surface area (Å²) < 4.78 is 26.6. The van der Waals surface area contributed by atoms with Crippen LogP contribution >= 0.6 is 0 Å². The molecular formula is C13H20F2N2. The number of hydrogen-bond acceptors (Lipinski definition) is 1. The van der Waals surface area contributed by atoms with E-state index in [0.717, 1.165) is 18.7 Å². The molecule has 2 atom stereocenters. The predicted octanol–water partition coefficient (Wildman–Crippen LogP) is 3.49. The van der Waals surface area contributed by atoms with Gasteiger partial charge in [0.2, 0.25) is 5.92 Å². The van der Waals surface area contributed by atoms with Gasteiger partial charge in [-0.05, 0) is 37.4 Å². The summed E-state index contributed by atoms with van der Waals surface area (Å²) in [4.78, 5) is 3.14. The smallest absolute Gasteiger partial charge is 0.248 e. The quantitative estimate of drug-likeness (QED) is 0.812. The Morgan fingerprint density at radius 1 is 1.59 bits per heavy atom. The number of alkyl halides is 2. The Hall–Kier alpha value is -0.900. The SMILES string of the molecule is CCCNC(c1ccc[nH]1)C1CCC(F)(F)C1. The largest absolute Gasteiger partial charge is 0.364 e. The average molecular weight is 242 g/mol. The van der Waals surface area contributed by atoms with Crippen LogP contribution in [0.5, 0.6) is 0 Å². The maximum absolute atomic E-state index is 13.3. The Morgan fingerprint density at radius 3 is 2.94 bits per heavy atom. The number of halogens is 2. The zero-order valence-corrected chi connectivity index (χ0v) is 10.2. The zero-order valence-electron chi connectivity index (χ0n) is 10.2. The second kappa shape index (κ2) is 5.17. The molecule has 0 amide bonds. The summed E-state index contributed by atoms with van der Waals surface area (Å²) in [7, 11) is 0. The Kier molecular flexibility index (Phi) is 3.82. The van der Waals surface area contributed by atoms with Crippen molar-refractivity contribution in [3.05, 3.63) is 24.0 Å². The third kappa shape index (κ3) is 3.06. The fourth-order valence-electron chi connectivity index (χ4n) is 2.64. The van der Waals surface area contributed by atoms with Crippen LogP contribution < -0.4 is 5.32 Å². The highest BCUT2D eigenvalue weighted by Crippen LogP contribution is 2.44. The fraction of sp³-hybridized carbons (Fsp3) is 0.692. The minimum Gasteiger partial charge on any atom is -0.364 e. The third-order valence-corrected chi connectivity index (χ3v) is 3.48. The summed E-state index contributed by atoms with van der Waals surface area (Å²) in [6.07, 6.45) is 3.51. The first kappa shape index (κ1) is 12.6. The van der Waals surface area contributed by atoms with Crippen LogP contribution in [0.1, 0.15) is 44.3 Å². The Labute approximate surface area is 101 Å². The number of aromatic amines is 1. The molecule has 1 fully saturated rings. The minimum atomic E-state index is -2.47. The van der Waals surface area contributed by atoms with Gasteiger partial charge in [-0.15, -0.1) is 0 Å². The first-order valence-electron chi connectivity index (χ1n) is 6.37. The monoisotopic (exact) mass is 242 g/mol. The zero-order chi connectivity index (χ0) is 12.3. The summed E-state index contributed by atoms with van der Waals surface area (Å²) in [6, 6.07) is 3.94. The topological polar surface area (TPSA) is 27.8 Å². The lowest BCUT2D eigenvalue weighted by molar-refractivity contribution is 0.00321. The molecule has 2 unspecified atom stereocenters. The standard InChI is InChI=1S/C13H20F2N2/c1-2-7-17-12(11-4-3-8-16-11)10-5-6-13(14,15)9-10/h3-4,8,10,12,16-17H,2,5-7,9H2,1H3. The van der Waals surface area contributed by atoms with Crippen LogP contribution in [0.4, 0.5) is 8.78 Å². The average Bonchev–Trinajstić information content (AvgIpc) is 2.89. The summed E-state index contributed by atoms with van der Waals surface area (Å²) in [5.74, 6) is -2.43. The molecule has 0 aromatic carbocycles. The molecule has 4 heteroatoms. The minimum absolute atomic E-state index is 0.00734. The summed E-state index contributed by atoms with van der Waals surface area (Å²) in [6.45, 7) is 2.95. The van der Waals surface area contributed by atoms with Crippen molar-refractivity contribution in [2.24, 2.45) is 5.92 Å². The van der Waals surface area contributed by atoms with E-state index in [0.29, 0.717) is 6.42 Å². The van der Waals surface area contributed by atoms with Crippen LogP contribution in [0.25, 0.3) is 0 Å². The van der Waals surface area contributed by atoms with Gasteiger partial charge in [0.15, 0.2) is 0 Å². The van der Waals surface area contributed by atoms with Gasteiger partial charge in [0.25, 0.3) is 0 Å². The number of H-pyrrole nitrogens is 1. The van der Waals surface area contributed by atoms with E-state index in [9.17, 15) is 8.78 Å². The summed E-state index contributed by atoms with van der Waals surface area (Å²) in [5.41, 5.74) is 1.03. The van der Waals surface area contributed by atoms with Gasteiger partial charge in [0.1, 0.15) is 0 Å². The van der Waals surface area contributed by atoms with Gasteiger partial charge in [0, 0.05) is 24.7 Å². The molecule has 0 bridgehead atoms. The number of nitrogens with one attached hydrogen (secondary N) is 2. The number of rotatable bonds is 5. The Morgan fingerprint density at radius 2 is 2.41 bits per heavy atom. The van der Waals surface area contributed by atoms with E-state index in [2.05, 4.69) is 17.2 Å². The first-order valence-corrected chi connectivity index (χ1v) is 6.37. The Balaban J connectivity index is 2.06. The molecule has 1 aromatic rings. The van der Waals surface area contributed by atoms with Crippen molar-refractivity contribution in [3.8, 4) is 0 Å². The third-order valence-electron chi connectivity index (χ3n) is 3.48. The maximum Gasteiger partial charge on any atom is 0.248 e. The fourth-order valence-corrected chi connectivity index (χ4v) is 2.64. The lowest BCUT2D eigenvalue weighted by Crippen LogP contribution is -2.29. The Bertz CT molecular complexity index is 335. The molecule has 2 N–H and O–H groups in total. The highest BCUT2D eigenvalue weighted by atomic mass is 19.3. The van der Waals surface area contributed by atoms with E-state index in [1.54, 1.807) is 0 Å². The van der Waals surface area contributed by atoms with Gasteiger partial charge in [-0.25, -0.2) is 8.78 Å². The van der Waals surface area contributed by atoms with Gasteiger partial charge in [-0.1, -0.05) is 6.92 Å². The van der Waals surface area contributed by atoms with Gasteiger partial charge in [-0.2, -0.15) is 0 Å². The molecular weight excluding hydrogens is 222 g/mol. The molecule has 1 aliphatic carbocycles. The van der Waals surface area contributed by atoms with Crippen molar-refractivity contribution in [1.29, 1.82) is 0 Å². The molecule has 1 aliphatic rings. The van der Waals surface area contributed by atoms with E-state index in [4.69, 9.17) is 0 Å². The lowest BCUT2D eigenvalue weighted by Gasteiger charge is -2.24. The second-order valence-electron chi connectivity index (χ2n) is 4.92. The van der Waals surface area contributed by atoms with Crippen LogP contribution in [0.2, 0.25) is 0 Å². The normalized spacial score (nSPS) is 25.0. The van der Waals surface area contributed by atoms with E-state index >= 15 is 0 Å². The molecule has 0 radical (unpaired) electrons. The highest BCUT2D eigenvalue weighted by molar-refractivity contribution is 5.11. The van der Waals surface area contributed by atoms with Crippen molar-refractivity contribution in [2.45, 2.75) is 44.6 Å². The molecule has 2 nitrogen and oxygen atoms in total. The maximum atomic E-state index is 13.3. The second-order valence-corrected chi connectivity index (χ2v) is 4.92. The summed E-state index contributed by atoms with van der Waals surface area (Å²) in [5, 5.41) is 3.39. The van der Waals surface area contributed by atoms with E-state index in [1.165, 1.54) is 0 Å². The van der Waals surface area contributed by atoms with Gasteiger partial charge in [0.05, 0.1) is 6.04 Å². The van der Waals surface area contributed by atoms with Crippen molar-refractivity contribution in [2.75, 3.05) is 6.54 Å². The predicted molar refractivity (Wildman–Crippen MR) is 64.1 cm³/mol. The first-order chi connectivity index (χ1) is 8.12. The van der Waals surface area contributed by atoms with Gasteiger partial charge < -0.3 is 10.3 Å². The molecule has 17 heavy (non-hydrogen) atoms. The molecule has 0 spiro atoms.